The van der Waals surface area contributed by atoms with Crippen molar-refractivity contribution < 1.29 is 5.11 Å². The van der Waals surface area contributed by atoms with Gasteiger partial charge >= 0.3 is 0 Å². The predicted octanol–water partition coefficient (Wildman–Crippen LogP) is 4.32. The lowest BCUT2D eigenvalue weighted by Gasteiger charge is -2.07. The Hall–Kier alpha value is -2.52. The van der Waals surface area contributed by atoms with Crippen molar-refractivity contribution in [1.29, 1.82) is 0 Å². The smallest absolute Gasteiger partial charge is 0.151 e. The highest BCUT2D eigenvalue weighted by Gasteiger charge is 2.26. The quantitative estimate of drug-likeness (QED) is 0.660. The molecule has 0 aliphatic carbocycles. The van der Waals surface area contributed by atoms with E-state index in [4.69, 9.17) is 0 Å². The average Bonchev–Trinajstić information content (AvgIpc) is 3.06. The van der Waals surface area contributed by atoms with Gasteiger partial charge in [0, 0.05) is 33.4 Å². The third-order valence-corrected chi connectivity index (χ3v) is 4.65. The second-order valence-corrected chi connectivity index (χ2v) is 6.06. The van der Waals surface area contributed by atoms with Gasteiger partial charge in [-0.05, 0) is 42.7 Å². The highest BCUT2D eigenvalue weighted by Crippen LogP contribution is 2.38. The van der Waals surface area contributed by atoms with Gasteiger partial charge in [-0.3, -0.25) is 0 Å². The molecule has 0 radical (unpaired) electrons. The third-order valence-electron chi connectivity index (χ3n) is 4.65. The summed E-state index contributed by atoms with van der Waals surface area (Å²) >= 11 is 0. The Morgan fingerprint density at radius 2 is 1.96 bits per heavy atom. The molecule has 2 aromatic carbocycles. The Labute approximate surface area is 135 Å². The van der Waals surface area contributed by atoms with Gasteiger partial charge in [0.15, 0.2) is 6.23 Å². The van der Waals surface area contributed by atoms with Gasteiger partial charge < -0.3 is 15.4 Å². The number of H-pyrrole nitrogens is 1. The second kappa shape index (κ2) is 5.28. The van der Waals surface area contributed by atoms with Gasteiger partial charge in [0.1, 0.15) is 0 Å². The van der Waals surface area contributed by atoms with Crippen molar-refractivity contribution in [2.75, 3.05) is 5.32 Å². The van der Waals surface area contributed by atoms with Gasteiger partial charge in [0.25, 0.3) is 0 Å². The fourth-order valence-corrected chi connectivity index (χ4v) is 3.56. The molecule has 3 nitrogen and oxygen atoms in total. The summed E-state index contributed by atoms with van der Waals surface area (Å²) in [6.07, 6.45) is 2.38. The number of aromatic amines is 1. The zero-order valence-corrected chi connectivity index (χ0v) is 13.4. The number of hydrogen-bond acceptors (Lipinski definition) is 2. The lowest BCUT2D eigenvalue weighted by Crippen LogP contribution is -2.12. The number of benzene rings is 2. The molecule has 1 aromatic heterocycles. The number of fused-ring (bicyclic) bond motifs is 2. The van der Waals surface area contributed by atoms with Crippen molar-refractivity contribution in [2.45, 2.75) is 26.5 Å². The Morgan fingerprint density at radius 1 is 1.13 bits per heavy atom. The standard InChI is InChI=1S/C20H20N2O/c1-3-13-14-8-4-5-9-16(14)21-18(13)11-15-19-12(2)7-6-10-17(19)22-20(15)23/h4-11,20-23H,3H2,1-2H3/b15-11-. The van der Waals surface area contributed by atoms with E-state index in [0.717, 1.165) is 34.5 Å². The van der Waals surface area contributed by atoms with Crippen LogP contribution >= 0.6 is 0 Å². The number of aromatic nitrogens is 1. The van der Waals surface area contributed by atoms with Gasteiger partial charge in [0.05, 0.1) is 0 Å². The van der Waals surface area contributed by atoms with Crippen molar-refractivity contribution in [3.8, 4) is 0 Å². The summed E-state index contributed by atoms with van der Waals surface area (Å²) in [5.41, 5.74) is 7.73. The summed E-state index contributed by atoms with van der Waals surface area (Å²) in [6.45, 7) is 4.25. The van der Waals surface area contributed by atoms with Crippen LogP contribution in [0.2, 0.25) is 0 Å². The molecule has 1 atom stereocenters. The Kier molecular flexibility index (Phi) is 3.24. The summed E-state index contributed by atoms with van der Waals surface area (Å²) in [6, 6.07) is 14.5. The molecule has 4 rings (SSSR count). The van der Waals surface area contributed by atoms with Crippen LogP contribution in [0.3, 0.4) is 0 Å². The van der Waals surface area contributed by atoms with Crippen LogP contribution < -0.4 is 5.32 Å². The first-order valence-corrected chi connectivity index (χ1v) is 8.04. The van der Waals surface area contributed by atoms with Crippen LogP contribution in [-0.4, -0.2) is 16.3 Å². The summed E-state index contributed by atoms with van der Waals surface area (Å²) in [4.78, 5) is 3.50. The van der Waals surface area contributed by atoms with E-state index in [2.05, 4.69) is 54.5 Å². The molecule has 116 valence electrons. The normalized spacial score (nSPS) is 18.4. The zero-order chi connectivity index (χ0) is 16.0. The van der Waals surface area contributed by atoms with Gasteiger partial charge in [-0.1, -0.05) is 37.3 Å². The summed E-state index contributed by atoms with van der Waals surface area (Å²) in [5.74, 6) is 0. The maximum atomic E-state index is 10.4. The van der Waals surface area contributed by atoms with E-state index < -0.39 is 6.23 Å². The van der Waals surface area contributed by atoms with Gasteiger partial charge in [-0.2, -0.15) is 0 Å². The second-order valence-electron chi connectivity index (χ2n) is 6.06. The number of para-hydroxylation sites is 1. The number of rotatable bonds is 2. The van der Waals surface area contributed by atoms with Crippen LogP contribution in [0.4, 0.5) is 5.69 Å². The number of aliphatic hydroxyl groups excluding tert-OH is 1. The first kappa shape index (κ1) is 14.1. The minimum Gasteiger partial charge on any atom is -0.369 e. The molecular weight excluding hydrogens is 284 g/mol. The van der Waals surface area contributed by atoms with Crippen LogP contribution in [0.1, 0.15) is 29.3 Å². The molecule has 1 unspecified atom stereocenters. The van der Waals surface area contributed by atoms with Gasteiger partial charge in [-0.15, -0.1) is 0 Å². The minimum absolute atomic E-state index is 0.665. The number of aryl methyl sites for hydroxylation is 2. The summed E-state index contributed by atoms with van der Waals surface area (Å²) < 4.78 is 0. The molecule has 0 saturated heterocycles. The van der Waals surface area contributed by atoms with Crippen LogP contribution in [0.25, 0.3) is 22.6 Å². The molecule has 2 heterocycles. The Morgan fingerprint density at radius 3 is 2.78 bits per heavy atom. The maximum absolute atomic E-state index is 10.4. The SMILES string of the molecule is CCc1c(/C=C2/c3c(C)cccc3NC2O)[nH]c2ccccc12. The minimum atomic E-state index is -0.665. The first-order valence-electron chi connectivity index (χ1n) is 8.04. The van der Waals surface area contributed by atoms with E-state index >= 15 is 0 Å². The predicted molar refractivity (Wildman–Crippen MR) is 96.4 cm³/mol. The fourth-order valence-electron chi connectivity index (χ4n) is 3.56. The molecule has 3 N–H and O–H groups in total. The number of nitrogens with one attached hydrogen (secondary N) is 2. The van der Waals surface area contributed by atoms with E-state index in [1.165, 1.54) is 16.5 Å². The van der Waals surface area contributed by atoms with Crippen LogP contribution in [0, 0.1) is 6.92 Å². The lowest BCUT2D eigenvalue weighted by molar-refractivity contribution is 0.266. The number of anilines is 1. The van der Waals surface area contributed by atoms with E-state index in [1.54, 1.807) is 0 Å². The molecule has 0 bridgehead atoms. The van der Waals surface area contributed by atoms with E-state index in [1.807, 2.05) is 18.2 Å². The highest BCUT2D eigenvalue weighted by atomic mass is 16.3. The lowest BCUT2D eigenvalue weighted by atomic mass is 9.99. The molecule has 3 heteroatoms. The molecule has 1 aliphatic heterocycles. The fraction of sp³-hybridized carbons (Fsp3) is 0.200. The molecule has 0 saturated carbocycles. The topological polar surface area (TPSA) is 48.0 Å². The first-order chi connectivity index (χ1) is 11.2. The van der Waals surface area contributed by atoms with Crippen molar-refractivity contribution in [2.24, 2.45) is 0 Å². The molecule has 0 amide bonds. The van der Waals surface area contributed by atoms with E-state index in [0.29, 0.717) is 0 Å². The largest absolute Gasteiger partial charge is 0.369 e. The molecule has 3 aromatic rings. The highest BCUT2D eigenvalue weighted by molar-refractivity contribution is 5.97. The molecule has 1 aliphatic rings. The average molecular weight is 304 g/mol. The zero-order valence-electron chi connectivity index (χ0n) is 13.4. The molecule has 0 fully saturated rings. The Balaban J connectivity index is 1.92. The van der Waals surface area contributed by atoms with Crippen LogP contribution in [-0.2, 0) is 6.42 Å². The van der Waals surface area contributed by atoms with Crippen molar-refractivity contribution in [3.63, 3.8) is 0 Å². The van der Waals surface area contributed by atoms with E-state index in [9.17, 15) is 5.11 Å². The summed E-state index contributed by atoms with van der Waals surface area (Å²) in [5, 5.41) is 14.9. The maximum Gasteiger partial charge on any atom is 0.151 e. The monoisotopic (exact) mass is 304 g/mol. The molecular formula is C20H20N2O. The van der Waals surface area contributed by atoms with Crippen LogP contribution in [0.5, 0.6) is 0 Å². The summed E-state index contributed by atoms with van der Waals surface area (Å²) in [7, 11) is 0. The Bertz CT molecular complexity index is 921. The van der Waals surface area contributed by atoms with Crippen molar-refractivity contribution in [1.82, 2.24) is 4.98 Å². The molecule has 0 spiro atoms. The number of aliphatic hydroxyl groups is 1. The number of hydrogen-bond donors (Lipinski definition) is 3. The van der Waals surface area contributed by atoms with Crippen LogP contribution in [0.15, 0.2) is 42.5 Å². The van der Waals surface area contributed by atoms with E-state index in [-0.39, 0.29) is 0 Å². The van der Waals surface area contributed by atoms with Crippen molar-refractivity contribution in [3.05, 3.63) is 64.8 Å². The van der Waals surface area contributed by atoms with Gasteiger partial charge in [-0.25, -0.2) is 0 Å². The molecule has 23 heavy (non-hydrogen) atoms. The third kappa shape index (κ3) is 2.16. The van der Waals surface area contributed by atoms with Crippen molar-refractivity contribution >= 4 is 28.2 Å². The van der Waals surface area contributed by atoms with Gasteiger partial charge in [0.2, 0.25) is 0 Å².